The second-order valence-corrected chi connectivity index (χ2v) is 7.43. The Balaban J connectivity index is 1.48. The lowest BCUT2D eigenvalue weighted by atomic mass is 9.94. The van der Waals surface area contributed by atoms with Crippen molar-refractivity contribution >= 4 is 11.7 Å². The predicted molar refractivity (Wildman–Crippen MR) is 106 cm³/mol. The molecule has 0 radical (unpaired) electrons. The number of benzene rings is 2. The van der Waals surface area contributed by atoms with Crippen LogP contribution < -0.4 is 5.32 Å². The molecule has 3 rings (SSSR count). The summed E-state index contributed by atoms with van der Waals surface area (Å²) in [7, 11) is 0. The average molecular weight is 365 g/mol. The van der Waals surface area contributed by atoms with Gasteiger partial charge < -0.3 is 10.4 Å². The second kappa shape index (κ2) is 8.85. The summed E-state index contributed by atoms with van der Waals surface area (Å²) in [5.41, 5.74) is 3.23. The molecule has 0 unspecified atom stereocenters. The topological polar surface area (TPSA) is 66.4 Å². The monoisotopic (exact) mass is 365 g/mol. The lowest BCUT2D eigenvalue weighted by molar-refractivity contribution is -0.122. The molecular formula is C23H27NO3. The van der Waals surface area contributed by atoms with Gasteiger partial charge in [0.05, 0.1) is 5.92 Å². The fourth-order valence-corrected chi connectivity index (χ4v) is 3.63. The highest BCUT2D eigenvalue weighted by Crippen LogP contribution is 2.26. The highest BCUT2D eigenvalue weighted by Gasteiger charge is 2.24. The molecule has 2 N–H and O–H groups in total. The fourth-order valence-electron chi connectivity index (χ4n) is 3.63. The number of hydrogen-bond donors (Lipinski definition) is 2. The summed E-state index contributed by atoms with van der Waals surface area (Å²) in [6.07, 6.45) is 4.28. The van der Waals surface area contributed by atoms with Gasteiger partial charge in [-0.3, -0.25) is 9.59 Å². The van der Waals surface area contributed by atoms with Gasteiger partial charge in [0.1, 0.15) is 11.5 Å². The molecule has 0 aromatic heterocycles. The lowest BCUT2D eigenvalue weighted by Gasteiger charge is -2.14. The van der Waals surface area contributed by atoms with Crippen LogP contribution >= 0.6 is 0 Å². The van der Waals surface area contributed by atoms with Crippen LogP contribution in [-0.2, 0) is 22.4 Å². The summed E-state index contributed by atoms with van der Waals surface area (Å²) in [6.45, 7) is 2.47. The molecule has 1 aliphatic rings. The van der Waals surface area contributed by atoms with Gasteiger partial charge in [-0.1, -0.05) is 36.4 Å². The molecule has 1 fully saturated rings. The zero-order valence-electron chi connectivity index (χ0n) is 15.8. The van der Waals surface area contributed by atoms with Crippen LogP contribution in [-0.4, -0.2) is 23.3 Å². The van der Waals surface area contributed by atoms with Crippen LogP contribution in [0, 0.1) is 5.92 Å². The summed E-state index contributed by atoms with van der Waals surface area (Å²) < 4.78 is 0. The Morgan fingerprint density at radius 3 is 2.41 bits per heavy atom. The largest absolute Gasteiger partial charge is 0.508 e. The fraction of sp³-hybridized carbons (Fsp3) is 0.391. The van der Waals surface area contributed by atoms with Gasteiger partial charge in [0.25, 0.3) is 0 Å². The van der Waals surface area contributed by atoms with Gasteiger partial charge in [-0.15, -0.1) is 0 Å². The Hall–Kier alpha value is -2.62. The second-order valence-electron chi connectivity index (χ2n) is 7.43. The SMILES string of the molecule is C[C@H](C(=O)NCCc1ccc(O)cc1)c1ccc(C[C@H]2CCCC2=O)cc1. The summed E-state index contributed by atoms with van der Waals surface area (Å²) in [5, 5.41) is 12.3. The third kappa shape index (κ3) is 5.19. The van der Waals surface area contributed by atoms with E-state index in [2.05, 4.69) is 5.32 Å². The number of hydrogen-bond acceptors (Lipinski definition) is 3. The average Bonchev–Trinajstić information content (AvgIpc) is 3.08. The van der Waals surface area contributed by atoms with Crippen molar-refractivity contribution in [3.05, 3.63) is 65.2 Å². The van der Waals surface area contributed by atoms with Gasteiger partial charge in [-0.05, 0) is 61.4 Å². The third-order valence-corrected chi connectivity index (χ3v) is 5.44. The molecule has 2 aromatic carbocycles. The molecule has 1 aliphatic carbocycles. The Kier molecular flexibility index (Phi) is 6.28. The number of nitrogens with one attached hydrogen (secondary N) is 1. The van der Waals surface area contributed by atoms with E-state index in [1.54, 1.807) is 12.1 Å². The third-order valence-electron chi connectivity index (χ3n) is 5.44. The van der Waals surface area contributed by atoms with Gasteiger partial charge in [0.15, 0.2) is 0 Å². The van der Waals surface area contributed by atoms with E-state index in [9.17, 15) is 14.7 Å². The molecule has 1 saturated carbocycles. The van der Waals surface area contributed by atoms with Crippen LogP contribution in [0.4, 0.5) is 0 Å². The van der Waals surface area contributed by atoms with E-state index in [-0.39, 0.29) is 23.5 Å². The number of ketones is 1. The maximum absolute atomic E-state index is 12.4. The van der Waals surface area contributed by atoms with Crippen LogP contribution in [0.2, 0.25) is 0 Å². The summed E-state index contributed by atoms with van der Waals surface area (Å²) >= 11 is 0. The van der Waals surface area contributed by atoms with Crippen molar-refractivity contribution in [1.29, 1.82) is 0 Å². The van der Waals surface area contributed by atoms with Crippen molar-refractivity contribution in [2.45, 2.75) is 44.9 Å². The smallest absolute Gasteiger partial charge is 0.227 e. The highest BCUT2D eigenvalue weighted by molar-refractivity contribution is 5.83. The van der Waals surface area contributed by atoms with Gasteiger partial charge in [0.2, 0.25) is 5.91 Å². The standard InChI is InChI=1S/C23H27NO3/c1-16(23(27)24-14-13-17-7-11-21(25)12-8-17)19-9-5-18(6-10-19)15-20-3-2-4-22(20)26/h5-12,16,20,25H,2-4,13-15H2,1H3,(H,24,27)/t16-,20+/m0/s1. The summed E-state index contributed by atoms with van der Waals surface area (Å²) in [4.78, 5) is 24.2. The normalized spacial score (nSPS) is 17.7. The molecule has 2 aromatic rings. The number of carbonyl (C=O) groups excluding carboxylic acids is 2. The van der Waals surface area contributed by atoms with Gasteiger partial charge >= 0.3 is 0 Å². The minimum Gasteiger partial charge on any atom is -0.508 e. The zero-order chi connectivity index (χ0) is 19.2. The molecule has 4 nitrogen and oxygen atoms in total. The Morgan fingerprint density at radius 1 is 1.11 bits per heavy atom. The van der Waals surface area contributed by atoms with Crippen LogP contribution in [0.3, 0.4) is 0 Å². The van der Waals surface area contributed by atoms with Crippen LogP contribution in [0.1, 0.15) is 48.8 Å². The first-order valence-electron chi connectivity index (χ1n) is 9.70. The van der Waals surface area contributed by atoms with Crippen LogP contribution in [0.25, 0.3) is 0 Å². The van der Waals surface area contributed by atoms with Crippen molar-refractivity contribution < 1.29 is 14.7 Å². The number of Topliss-reactive ketones (excluding diaryl/α,β-unsaturated/α-hetero) is 1. The Bertz CT molecular complexity index is 780. The number of phenols is 1. The quantitative estimate of drug-likeness (QED) is 0.785. The van der Waals surface area contributed by atoms with E-state index < -0.39 is 0 Å². The van der Waals surface area contributed by atoms with Crippen molar-refractivity contribution in [3.8, 4) is 5.75 Å². The highest BCUT2D eigenvalue weighted by atomic mass is 16.3. The zero-order valence-corrected chi connectivity index (χ0v) is 15.8. The molecule has 1 amide bonds. The molecule has 2 atom stereocenters. The van der Waals surface area contributed by atoms with Gasteiger partial charge in [-0.25, -0.2) is 0 Å². The maximum atomic E-state index is 12.4. The van der Waals surface area contributed by atoms with E-state index in [1.165, 1.54) is 5.56 Å². The van der Waals surface area contributed by atoms with Crippen molar-refractivity contribution in [1.82, 2.24) is 5.32 Å². The minimum absolute atomic E-state index is 0.00694. The lowest BCUT2D eigenvalue weighted by Crippen LogP contribution is -2.29. The minimum atomic E-state index is -0.216. The number of rotatable bonds is 7. The molecule has 4 heteroatoms. The molecule has 0 heterocycles. The number of phenolic OH excluding ortho intramolecular Hbond substituents is 1. The molecule has 0 aliphatic heterocycles. The number of aromatic hydroxyl groups is 1. The number of carbonyl (C=O) groups is 2. The summed E-state index contributed by atoms with van der Waals surface area (Å²) in [6, 6.07) is 15.1. The molecular weight excluding hydrogens is 338 g/mol. The summed E-state index contributed by atoms with van der Waals surface area (Å²) in [5.74, 6) is 0.605. The first kappa shape index (κ1) is 19.2. The maximum Gasteiger partial charge on any atom is 0.227 e. The molecule has 0 bridgehead atoms. The Labute approximate surface area is 160 Å². The van der Waals surface area contributed by atoms with Gasteiger partial charge in [-0.2, -0.15) is 0 Å². The Morgan fingerprint density at radius 2 is 1.78 bits per heavy atom. The van der Waals surface area contributed by atoms with Crippen LogP contribution in [0.15, 0.2) is 48.5 Å². The molecule has 27 heavy (non-hydrogen) atoms. The van der Waals surface area contributed by atoms with Crippen molar-refractivity contribution in [2.24, 2.45) is 5.92 Å². The van der Waals surface area contributed by atoms with Crippen LogP contribution in [0.5, 0.6) is 5.75 Å². The van der Waals surface area contributed by atoms with E-state index in [0.717, 1.165) is 43.2 Å². The molecule has 0 saturated heterocycles. The van der Waals surface area contributed by atoms with Crippen molar-refractivity contribution in [2.75, 3.05) is 6.54 Å². The number of amides is 1. The van der Waals surface area contributed by atoms with E-state index in [0.29, 0.717) is 12.3 Å². The first-order chi connectivity index (χ1) is 13.0. The first-order valence-corrected chi connectivity index (χ1v) is 9.70. The predicted octanol–water partition coefficient (Wildman–Crippen LogP) is 3.77. The molecule has 0 spiro atoms. The van der Waals surface area contributed by atoms with Crippen molar-refractivity contribution in [3.63, 3.8) is 0 Å². The van der Waals surface area contributed by atoms with Gasteiger partial charge in [0, 0.05) is 18.9 Å². The van der Waals surface area contributed by atoms with E-state index in [1.807, 2.05) is 43.3 Å². The van der Waals surface area contributed by atoms with E-state index >= 15 is 0 Å². The molecule has 142 valence electrons. The van der Waals surface area contributed by atoms with E-state index in [4.69, 9.17) is 0 Å².